The van der Waals surface area contributed by atoms with Gasteiger partial charge in [-0.25, -0.2) is 17.2 Å². The number of nitrogen functional groups attached to an aromatic ring is 1. The molecule has 2 rings (SSSR count). The van der Waals surface area contributed by atoms with Crippen molar-refractivity contribution in [2.75, 3.05) is 10.5 Å². The van der Waals surface area contributed by atoms with Crippen molar-refractivity contribution in [3.63, 3.8) is 0 Å². The quantitative estimate of drug-likeness (QED) is 0.856. The summed E-state index contributed by atoms with van der Waals surface area (Å²) in [5, 5.41) is 0. The zero-order valence-electron chi connectivity index (χ0n) is 10.5. The van der Waals surface area contributed by atoms with Gasteiger partial charge < -0.3 is 5.73 Å². The molecule has 7 heteroatoms. The summed E-state index contributed by atoms with van der Waals surface area (Å²) in [6, 6.07) is 7.12. The Morgan fingerprint density at radius 1 is 1.05 bits per heavy atom. The Balaban J connectivity index is 2.38. The molecule has 0 aromatic heterocycles. The number of hydrogen-bond donors (Lipinski definition) is 2. The van der Waals surface area contributed by atoms with Crippen molar-refractivity contribution in [1.29, 1.82) is 0 Å². The number of rotatable bonds is 3. The predicted octanol–water partition coefficient (Wildman–Crippen LogP) is 2.66. The number of nitrogens with one attached hydrogen (secondary N) is 1. The molecule has 0 spiro atoms. The number of nitrogens with two attached hydrogens (primary N) is 1. The van der Waals surface area contributed by atoms with Crippen molar-refractivity contribution in [3.05, 3.63) is 53.6 Å². The summed E-state index contributed by atoms with van der Waals surface area (Å²) in [5.74, 6) is -1.55. The first-order valence-electron chi connectivity index (χ1n) is 5.63. The van der Waals surface area contributed by atoms with Crippen molar-refractivity contribution >= 4 is 21.4 Å². The molecular weight excluding hydrogens is 286 g/mol. The summed E-state index contributed by atoms with van der Waals surface area (Å²) in [5.41, 5.74) is 5.57. The van der Waals surface area contributed by atoms with Crippen LogP contribution in [0.3, 0.4) is 0 Å². The molecule has 20 heavy (non-hydrogen) atoms. The topological polar surface area (TPSA) is 72.2 Å². The largest absolute Gasteiger partial charge is 0.396 e. The number of hydrogen-bond acceptors (Lipinski definition) is 3. The van der Waals surface area contributed by atoms with Gasteiger partial charge in [0.25, 0.3) is 10.0 Å². The Morgan fingerprint density at radius 2 is 1.75 bits per heavy atom. The van der Waals surface area contributed by atoms with Crippen LogP contribution < -0.4 is 10.5 Å². The van der Waals surface area contributed by atoms with Gasteiger partial charge in [0.2, 0.25) is 0 Å². The van der Waals surface area contributed by atoms with Crippen molar-refractivity contribution in [3.8, 4) is 0 Å². The molecule has 0 amide bonds. The molecule has 0 radical (unpaired) electrons. The summed E-state index contributed by atoms with van der Waals surface area (Å²) < 4.78 is 53.0. The molecule has 4 nitrogen and oxygen atoms in total. The molecule has 0 atom stereocenters. The molecule has 2 aromatic carbocycles. The van der Waals surface area contributed by atoms with E-state index in [-0.39, 0.29) is 16.3 Å². The Bertz CT molecular complexity index is 761. The lowest BCUT2D eigenvalue weighted by atomic mass is 10.2. The van der Waals surface area contributed by atoms with E-state index in [9.17, 15) is 17.2 Å². The van der Waals surface area contributed by atoms with Crippen LogP contribution in [0.15, 0.2) is 41.3 Å². The van der Waals surface area contributed by atoms with Crippen LogP contribution in [0.25, 0.3) is 0 Å². The fourth-order valence-corrected chi connectivity index (χ4v) is 2.66. The predicted molar refractivity (Wildman–Crippen MR) is 72.8 cm³/mol. The molecular formula is C13H12F2N2O2S. The third-order valence-electron chi connectivity index (χ3n) is 2.65. The highest BCUT2D eigenvalue weighted by Gasteiger charge is 2.17. The van der Waals surface area contributed by atoms with E-state index < -0.39 is 21.7 Å². The van der Waals surface area contributed by atoms with Gasteiger partial charge in [0.1, 0.15) is 11.6 Å². The van der Waals surface area contributed by atoms with E-state index >= 15 is 0 Å². The number of anilines is 2. The first-order valence-corrected chi connectivity index (χ1v) is 7.12. The molecule has 2 aromatic rings. The summed E-state index contributed by atoms with van der Waals surface area (Å²) in [6.07, 6.45) is 0. The molecule has 0 fully saturated rings. The maximum atomic E-state index is 13.6. The van der Waals surface area contributed by atoms with Gasteiger partial charge in [-0.2, -0.15) is 0 Å². The van der Waals surface area contributed by atoms with Crippen LogP contribution in [-0.4, -0.2) is 8.42 Å². The fraction of sp³-hybridized carbons (Fsp3) is 0.0769. The first-order chi connectivity index (χ1) is 9.29. The fourth-order valence-electron chi connectivity index (χ4n) is 1.58. The van der Waals surface area contributed by atoms with Crippen LogP contribution in [0, 0.1) is 18.6 Å². The molecule has 0 aliphatic heterocycles. The second-order valence-electron chi connectivity index (χ2n) is 4.27. The molecule has 0 unspecified atom stereocenters. The number of benzene rings is 2. The SMILES string of the molecule is Cc1ccc(NS(=O)(=O)c2ccc(N)c(F)c2)c(F)c1. The van der Waals surface area contributed by atoms with E-state index in [1.54, 1.807) is 13.0 Å². The summed E-state index contributed by atoms with van der Waals surface area (Å²) >= 11 is 0. The maximum Gasteiger partial charge on any atom is 0.262 e. The normalized spacial score (nSPS) is 11.3. The average Bonchev–Trinajstić information content (AvgIpc) is 2.36. The van der Waals surface area contributed by atoms with Crippen molar-refractivity contribution in [2.45, 2.75) is 11.8 Å². The van der Waals surface area contributed by atoms with Crippen LogP contribution in [0.2, 0.25) is 0 Å². The van der Waals surface area contributed by atoms with Crippen LogP contribution in [0.5, 0.6) is 0 Å². The molecule has 0 aliphatic rings. The smallest absolute Gasteiger partial charge is 0.262 e. The molecule has 0 heterocycles. The highest BCUT2D eigenvalue weighted by Crippen LogP contribution is 2.22. The zero-order valence-corrected chi connectivity index (χ0v) is 11.3. The van der Waals surface area contributed by atoms with Gasteiger partial charge in [-0.1, -0.05) is 6.07 Å². The summed E-state index contributed by atoms with van der Waals surface area (Å²) in [7, 11) is -4.07. The van der Waals surface area contributed by atoms with E-state index in [0.717, 1.165) is 18.2 Å². The highest BCUT2D eigenvalue weighted by molar-refractivity contribution is 7.92. The standard InChI is InChI=1S/C13H12F2N2O2S/c1-8-2-5-13(11(15)6-8)17-20(18,19)9-3-4-12(16)10(14)7-9/h2-7,17H,16H2,1H3. The Kier molecular flexibility index (Phi) is 3.63. The van der Waals surface area contributed by atoms with Crippen LogP contribution in [0.1, 0.15) is 5.56 Å². The van der Waals surface area contributed by atoms with Gasteiger partial charge >= 0.3 is 0 Å². The Labute approximate surface area is 115 Å². The summed E-state index contributed by atoms with van der Waals surface area (Å²) in [6.45, 7) is 1.68. The lowest BCUT2D eigenvalue weighted by Gasteiger charge is -2.10. The van der Waals surface area contributed by atoms with E-state index in [1.807, 2.05) is 0 Å². The maximum absolute atomic E-state index is 13.6. The molecule has 106 valence electrons. The van der Waals surface area contributed by atoms with Gasteiger partial charge in [0, 0.05) is 0 Å². The number of aryl methyl sites for hydroxylation is 1. The molecule has 3 N–H and O–H groups in total. The molecule has 0 bridgehead atoms. The van der Waals surface area contributed by atoms with Crippen molar-refractivity contribution in [1.82, 2.24) is 0 Å². The Morgan fingerprint density at radius 3 is 2.35 bits per heavy atom. The molecule has 0 saturated heterocycles. The van der Waals surface area contributed by atoms with Crippen LogP contribution in [-0.2, 0) is 10.0 Å². The second-order valence-corrected chi connectivity index (χ2v) is 5.95. The van der Waals surface area contributed by atoms with E-state index in [2.05, 4.69) is 4.72 Å². The zero-order chi connectivity index (χ0) is 14.9. The Hall–Kier alpha value is -2.15. The minimum atomic E-state index is -4.07. The lowest BCUT2D eigenvalue weighted by Crippen LogP contribution is -2.14. The van der Waals surface area contributed by atoms with Crippen LogP contribution in [0.4, 0.5) is 20.2 Å². The van der Waals surface area contributed by atoms with Gasteiger partial charge in [-0.3, -0.25) is 4.72 Å². The average molecular weight is 298 g/mol. The van der Waals surface area contributed by atoms with Crippen molar-refractivity contribution in [2.24, 2.45) is 0 Å². The third-order valence-corrected chi connectivity index (χ3v) is 4.01. The molecule has 0 saturated carbocycles. The van der Waals surface area contributed by atoms with Gasteiger partial charge in [-0.05, 0) is 42.8 Å². The minimum absolute atomic E-state index is 0.162. The monoisotopic (exact) mass is 298 g/mol. The van der Waals surface area contributed by atoms with Gasteiger partial charge in [-0.15, -0.1) is 0 Å². The second kappa shape index (κ2) is 5.09. The third kappa shape index (κ3) is 2.88. The lowest BCUT2D eigenvalue weighted by molar-refractivity contribution is 0.594. The van der Waals surface area contributed by atoms with Gasteiger partial charge in [0.05, 0.1) is 16.3 Å². The van der Waals surface area contributed by atoms with Crippen LogP contribution >= 0.6 is 0 Å². The number of halogens is 2. The van der Waals surface area contributed by atoms with E-state index in [0.29, 0.717) is 5.56 Å². The minimum Gasteiger partial charge on any atom is -0.396 e. The first kappa shape index (κ1) is 14.3. The van der Waals surface area contributed by atoms with E-state index in [4.69, 9.17) is 5.73 Å². The molecule has 0 aliphatic carbocycles. The highest BCUT2D eigenvalue weighted by atomic mass is 32.2. The number of sulfonamides is 1. The summed E-state index contributed by atoms with van der Waals surface area (Å²) in [4.78, 5) is -0.329. The van der Waals surface area contributed by atoms with E-state index in [1.165, 1.54) is 12.1 Å². The van der Waals surface area contributed by atoms with Gasteiger partial charge in [0.15, 0.2) is 0 Å². The van der Waals surface area contributed by atoms with Crippen molar-refractivity contribution < 1.29 is 17.2 Å².